The van der Waals surface area contributed by atoms with Crippen LogP contribution in [-0.2, 0) is 0 Å². The molecule has 0 bridgehead atoms. The van der Waals surface area contributed by atoms with Crippen molar-refractivity contribution in [2.24, 2.45) is 0 Å². The molecular weight excluding hydrogens is 186 g/mol. The molecule has 3 heteroatoms. The first-order chi connectivity index (χ1) is 6.77. The van der Waals surface area contributed by atoms with Crippen LogP contribution in [0.15, 0.2) is 0 Å². The summed E-state index contributed by atoms with van der Waals surface area (Å²) in [6, 6.07) is 0. The van der Waals surface area contributed by atoms with Gasteiger partial charge < -0.3 is 5.32 Å². The topological polar surface area (TPSA) is 18.5 Å². The van der Waals surface area contributed by atoms with Crippen LogP contribution >= 0.6 is 0 Å². The Labute approximate surface area is 94.8 Å². The molecule has 1 aliphatic rings. The summed E-state index contributed by atoms with van der Waals surface area (Å²) >= 11 is 0. The fourth-order valence-electron chi connectivity index (χ4n) is 2.11. The van der Waals surface area contributed by atoms with E-state index in [0.717, 1.165) is 13.1 Å². The number of piperazine rings is 1. The van der Waals surface area contributed by atoms with Gasteiger partial charge in [-0.15, -0.1) is 0 Å². The van der Waals surface area contributed by atoms with Crippen molar-refractivity contribution in [3.63, 3.8) is 0 Å². The van der Waals surface area contributed by atoms with Crippen LogP contribution in [0.2, 0.25) is 0 Å². The second-order valence-corrected chi connectivity index (χ2v) is 6.08. The smallest absolute Gasteiger partial charge is 0.0277 e. The summed E-state index contributed by atoms with van der Waals surface area (Å²) in [5.74, 6) is 0. The molecule has 0 saturated carbocycles. The molecule has 1 saturated heterocycles. The molecule has 1 heterocycles. The highest BCUT2D eigenvalue weighted by Crippen LogP contribution is 2.20. The third-order valence-electron chi connectivity index (χ3n) is 3.69. The summed E-state index contributed by atoms with van der Waals surface area (Å²) in [5.41, 5.74) is 0.522. The van der Waals surface area contributed by atoms with Crippen molar-refractivity contribution >= 4 is 0 Å². The Hall–Kier alpha value is -0.120. The Morgan fingerprint density at radius 3 is 2.33 bits per heavy atom. The quantitative estimate of drug-likeness (QED) is 0.755. The zero-order valence-electron chi connectivity index (χ0n) is 11.2. The fraction of sp³-hybridized carbons (Fsp3) is 1.00. The monoisotopic (exact) mass is 213 g/mol. The standard InChI is InChI=1S/C12H27N3/c1-11(2,13-5)9-15-8-7-14(6)12(3,4)10-15/h13H,7-10H2,1-6H3. The predicted molar refractivity (Wildman–Crippen MR) is 66.3 cm³/mol. The Kier molecular flexibility index (Phi) is 3.80. The second-order valence-electron chi connectivity index (χ2n) is 6.08. The molecule has 3 nitrogen and oxygen atoms in total. The van der Waals surface area contributed by atoms with Crippen molar-refractivity contribution in [2.45, 2.75) is 38.8 Å². The van der Waals surface area contributed by atoms with E-state index >= 15 is 0 Å². The van der Waals surface area contributed by atoms with Gasteiger partial charge >= 0.3 is 0 Å². The lowest BCUT2D eigenvalue weighted by Gasteiger charge is -2.47. The number of nitrogens with zero attached hydrogens (tertiary/aromatic N) is 2. The van der Waals surface area contributed by atoms with E-state index in [4.69, 9.17) is 0 Å². The predicted octanol–water partition coefficient (Wildman–Crippen LogP) is 1.01. The van der Waals surface area contributed by atoms with Gasteiger partial charge in [-0.25, -0.2) is 0 Å². The fourth-order valence-corrected chi connectivity index (χ4v) is 2.11. The van der Waals surface area contributed by atoms with Crippen LogP contribution in [0.4, 0.5) is 0 Å². The molecule has 0 aromatic carbocycles. The molecule has 0 radical (unpaired) electrons. The summed E-state index contributed by atoms with van der Waals surface area (Å²) < 4.78 is 0. The average molecular weight is 213 g/mol. The lowest BCUT2D eigenvalue weighted by atomic mass is 9.97. The molecule has 0 aliphatic carbocycles. The van der Waals surface area contributed by atoms with Crippen LogP contribution in [0.1, 0.15) is 27.7 Å². The summed E-state index contributed by atoms with van der Waals surface area (Å²) in [7, 11) is 4.27. The van der Waals surface area contributed by atoms with Gasteiger partial charge in [-0.3, -0.25) is 9.80 Å². The SMILES string of the molecule is CNC(C)(C)CN1CCN(C)C(C)(C)C1. The van der Waals surface area contributed by atoms with Crippen molar-refractivity contribution in [3.05, 3.63) is 0 Å². The van der Waals surface area contributed by atoms with Gasteiger partial charge in [0.1, 0.15) is 0 Å². The first-order valence-corrected chi connectivity index (χ1v) is 5.89. The van der Waals surface area contributed by atoms with E-state index < -0.39 is 0 Å². The molecular formula is C12H27N3. The Morgan fingerprint density at radius 2 is 1.87 bits per heavy atom. The van der Waals surface area contributed by atoms with Crippen LogP contribution in [0, 0.1) is 0 Å². The van der Waals surface area contributed by atoms with Gasteiger partial charge in [0, 0.05) is 37.3 Å². The van der Waals surface area contributed by atoms with Crippen LogP contribution in [0.5, 0.6) is 0 Å². The maximum absolute atomic E-state index is 3.37. The van der Waals surface area contributed by atoms with Gasteiger partial charge in [-0.1, -0.05) is 0 Å². The molecule has 0 aromatic heterocycles. The Balaban J connectivity index is 2.53. The summed E-state index contributed by atoms with van der Waals surface area (Å²) in [5, 5.41) is 3.37. The summed E-state index contributed by atoms with van der Waals surface area (Å²) in [6.07, 6.45) is 0. The normalized spacial score (nSPS) is 24.4. The Bertz CT molecular complexity index is 209. The molecule has 0 aromatic rings. The minimum Gasteiger partial charge on any atom is -0.314 e. The molecule has 1 N–H and O–H groups in total. The maximum atomic E-state index is 3.37. The molecule has 0 unspecified atom stereocenters. The zero-order chi connectivity index (χ0) is 11.7. The number of hydrogen-bond donors (Lipinski definition) is 1. The highest BCUT2D eigenvalue weighted by molar-refractivity contribution is 4.91. The zero-order valence-corrected chi connectivity index (χ0v) is 11.2. The third kappa shape index (κ3) is 3.44. The molecule has 90 valence electrons. The van der Waals surface area contributed by atoms with Gasteiger partial charge in [0.2, 0.25) is 0 Å². The average Bonchev–Trinajstić information content (AvgIpc) is 2.10. The largest absolute Gasteiger partial charge is 0.314 e. The van der Waals surface area contributed by atoms with Crippen molar-refractivity contribution in [2.75, 3.05) is 40.3 Å². The number of likely N-dealkylation sites (N-methyl/N-ethyl adjacent to an activating group) is 2. The highest BCUT2D eigenvalue weighted by Gasteiger charge is 2.32. The summed E-state index contributed by atoms with van der Waals surface area (Å²) in [6.45, 7) is 13.8. The second kappa shape index (κ2) is 4.40. The lowest BCUT2D eigenvalue weighted by molar-refractivity contribution is 0.0288. The van der Waals surface area contributed by atoms with Gasteiger partial charge in [0.05, 0.1) is 0 Å². The first kappa shape index (κ1) is 12.9. The minimum absolute atomic E-state index is 0.214. The van der Waals surface area contributed by atoms with E-state index in [1.54, 1.807) is 0 Å². The van der Waals surface area contributed by atoms with E-state index in [1.807, 2.05) is 7.05 Å². The van der Waals surface area contributed by atoms with E-state index in [1.165, 1.54) is 13.1 Å². The number of rotatable bonds is 3. The highest BCUT2D eigenvalue weighted by atomic mass is 15.3. The van der Waals surface area contributed by atoms with Crippen molar-refractivity contribution in [1.29, 1.82) is 0 Å². The molecule has 0 amide bonds. The van der Waals surface area contributed by atoms with Gasteiger partial charge in [0.25, 0.3) is 0 Å². The van der Waals surface area contributed by atoms with E-state index in [2.05, 4.69) is 49.9 Å². The van der Waals surface area contributed by atoms with Crippen LogP contribution in [0.3, 0.4) is 0 Å². The van der Waals surface area contributed by atoms with Crippen LogP contribution < -0.4 is 5.32 Å². The van der Waals surface area contributed by atoms with Crippen molar-refractivity contribution < 1.29 is 0 Å². The molecule has 15 heavy (non-hydrogen) atoms. The maximum Gasteiger partial charge on any atom is 0.0277 e. The lowest BCUT2D eigenvalue weighted by Crippen LogP contribution is -2.60. The van der Waals surface area contributed by atoms with E-state index in [0.29, 0.717) is 5.54 Å². The Morgan fingerprint density at radius 1 is 1.27 bits per heavy atom. The van der Waals surface area contributed by atoms with Crippen molar-refractivity contribution in [3.8, 4) is 0 Å². The molecule has 1 aliphatic heterocycles. The van der Waals surface area contributed by atoms with Gasteiger partial charge in [-0.2, -0.15) is 0 Å². The van der Waals surface area contributed by atoms with Crippen LogP contribution in [0.25, 0.3) is 0 Å². The van der Waals surface area contributed by atoms with E-state index in [9.17, 15) is 0 Å². The van der Waals surface area contributed by atoms with Gasteiger partial charge in [0.15, 0.2) is 0 Å². The van der Waals surface area contributed by atoms with Crippen molar-refractivity contribution in [1.82, 2.24) is 15.1 Å². The van der Waals surface area contributed by atoms with E-state index in [-0.39, 0.29) is 5.54 Å². The first-order valence-electron chi connectivity index (χ1n) is 5.89. The minimum atomic E-state index is 0.214. The molecule has 0 spiro atoms. The molecule has 0 atom stereocenters. The molecule has 1 rings (SSSR count). The van der Waals surface area contributed by atoms with Gasteiger partial charge in [-0.05, 0) is 41.8 Å². The van der Waals surface area contributed by atoms with Crippen LogP contribution in [-0.4, -0.2) is 61.2 Å². The number of hydrogen-bond acceptors (Lipinski definition) is 3. The molecule has 1 fully saturated rings. The third-order valence-corrected chi connectivity index (χ3v) is 3.69. The number of nitrogens with one attached hydrogen (secondary N) is 1. The summed E-state index contributed by atoms with van der Waals surface area (Å²) in [4.78, 5) is 5.02.